The van der Waals surface area contributed by atoms with Gasteiger partial charge in [0.25, 0.3) is 0 Å². The summed E-state index contributed by atoms with van der Waals surface area (Å²) < 4.78 is 17.6. The van der Waals surface area contributed by atoms with Crippen molar-refractivity contribution in [2.24, 2.45) is 0 Å². The molecular weight excluding hydrogens is 943 g/mol. The predicted octanol–water partition coefficient (Wildman–Crippen LogP) is 14.6. The summed E-state index contributed by atoms with van der Waals surface area (Å²) in [5.41, 5.74) is 0. The van der Waals surface area contributed by atoms with Crippen LogP contribution in [0.2, 0.25) is 0 Å². The van der Waals surface area contributed by atoms with Gasteiger partial charge in [-0.05, 0) is 70.6 Å². The van der Waals surface area contributed by atoms with Gasteiger partial charge in [-0.3, -0.25) is 9.59 Å². The SMILES string of the molecule is CCCCC/C=C\C/C=C\CCCCCCCCCCCCCC(=O)OC1C(OCC(NC(=O)C(O)C/C=C/C/C=C\CCCCCCCC)C(O)/C=C/CCCCCCCCCCCCC)OC(CO)C(O)C1O. The molecule has 11 nitrogen and oxygen atoms in total. The number of aliphatic hydroxyl groups is 5. The van der Waals surface area contributed by atoms with Gasteiger partial charge in [0, 0.05) is 12.8 Å². The average molecular weight is 1060 g/mol. The van der Waals surface area contributed by atoms with E-state index in [2.05, 4.69) is 62.5 Å². The highest BCUT2D eigenvalue weighted by Crippen LogP contribution is 2.26. The fourth-order valence-electron chi connectivity index (χ4n) is 9.43. The zero-order valence-electron chi connectivity index (χ0n) is 48.2. The van der Waals surface area contributed by atoms with Crippen LogP contribution >= 0.6 is 0 Å². The molecular formula is C64H115NO10. The van der Waals surface area contributed by atoms with Crippen LogP contribution in [0.1, 0.15) is 271 Å². The van der Waals surface area contributed by atoms with Gasteiger partial charge in [-0.1, -0.05) is 248 Å². The number of nitrogens with one attached hydrogen (secondary N) is 1. The first-order valence-electron chi connectivity index (χ1n) is 31.1. The summed E-state index contributed by atoms with van der Waals surface area (Å²) in [5, 5.41) is 56.8. The molecule has 0 aromatic heterocycles. The summed E-state index contributed by atoms with van der Waals surface area (Å²) in [6.07, 6.45) is 54.2. The van der Waals surface area contributed by atoms with E-state index in [0.29, 0.717) is 12.8 Å². The summed E-state index contributed by atoms with van der Waals surface area (Å²) in [7, 11) is 0. The van der Waals surface area contributed by atoms with Crippen molar-refractivity contribution in [3.63, 3.8) is 0 Å². The van der Waals surface area contributed by atoms with Crippen molar-refractivity contribution in [1.82, 2.24) is 5.32 Å². The minimum atomic E-state index is -1.62. The summed E-state index contributed by atoms with van der Waals surface area (Å²) in [6, 6.07) is -1.05. The van der Waals surface area contributed by atoms with Crippen molar-refractivity contribution in [1.29, 1.82) is 0 Å². The second-order valence-corrected chi connectivity index (χ2v) is 21.4. The third-order valence-electron chi connectivity index (χ3n) is 14.4. The second kappa shape index (κ2) is 52.1. The highest BCUT2D eigenvalue weighted by molar-refractivity contribution is 5.81. The topological polar surface area (TPSA) is 175 Å². The third-order valence-corrected chi connectivity index (χ3v) is 14.4. The van der Waals surface area contributed by atoms with Crippen molar-refractivity contribution >= 4 is 11.9 Å². The highest BCUT2D eigenvalue weighted by atomic mass is 16.7. The summed E-state index contributed by atoms with van der Waals surface area (Å²) in [4.78, 5) is 26.5. The Balaban J connectivity index is 2.68. The number of allylic oxidation sites excluding steroid dienone is 8. The van der Waals surface area contributed by atoms with Crippen LogP contribution in [0.4, 0.5) is 0 Å². The van der Waals surface area contributed by atoms with E-state index in [1.54, 1.807) is 12.2 Å². The van der Waals surface area contributed by atoms with Gasteiger partial charge < -0.3 is 45.1 Å². The Kier molecular flexibility index (Phi) is 48.9. The minimum Gasteiger partial charge on any atom is -0.454 e. The van der Waals surface area contributed by atoms with Crippen LogP contribution in [0.15, 0.2) is 60.8 Å². The highest BCUT2D eigenvalue weighted by Gasteiger charge is 2.47. The maximum atomic E-state index is 13.3. The molecule has 1 heterocycles. The van der Waals surface area contributed by atoms with E-state index in [0.717, 1.165) is 51.4 Å². The van der Waals surface area contributed by atoms with Gasteiger partial charge in [0.15, 0.2) is 12.4 Å². The molecule has 0 aliphatic carbocycles. The molecule has 1 rings (SSSR count). The van der Waals surface area contributed by atoms with Crippen molar-refractivity contribution in [2.45, 2.75) is 320 Å². The Morgan fingerprint density at radius 2 is 0.920 bits per heavy atom. The van der Waals surface area contributed by atoms with E-state index in [4.69, 9.17) is 14.2 Å². The predicted molar refractivity (Wildman–Crippen MR) is 310 cm³/mol. The van der Waals surface area contributed by atoms with Gasteiger partial charge >= 0.3 is 5.97 Å². The Morgan fingerprint density at radius 3 is 1.39 bits per heavy atom. The van der Waals surface area contributed by atoms with Gasteiger partial charge in [0.05, 0.1) is 25.4 Å². The van der Waals surface area contributed by atoms with Crippen LogP contribution in [0.25, 0.3) is 0 Å². The van der Waals surface area contributed by atoms with Gasteiger partial charge in [-0.25, -0.2) is 0 Å². The molecule has 1 amide bonds. The molecule has 0 bridgehead atoms. The van der Waals surface area contributed by atoms with E-state index in [9.17, 15) is 35.1 Å². The van der Waals surface area contributed by atoms with Crippen LogP contribution in [0, 0.1) is 0 Å². The monoisotopic (exact) mass is 1060 g/mol. The largest absolute Gasteiger partial charge is 0.454 e. The molecule has 75 heavy (non-hydrogen) atoms. The van der Waals surface area contributed by atoms with Gasteiger partial charge in [0.1, 0.15) is 24.4 Å². The van der Waals surface area contributed by atoms with Crippen LogP contribution in [-0.2, 0) is 23.8 Å². The number of hydrogen-bond donors (Lipinski definition) is 6. The van der Waals surface area contributed by atoms with Gasteiger partial charge in [-0.15, -0.1) is 0 Å². The van der Waals surface area contributed by atoms with Crippen LogP contribution in [0.3, 0.4) is 0 Å². The number of carbonyl (C=O) groups excluding carboxylic acids is 2. The molecule has 1 saturated heterocycles. The molecule has 0 radical (unpaired) electrons. The number of carbonyl (C=O) groups is 2. The quantitative estimate of drug-likeness (QED) is 0.0195. The normalized spacial score (nSPS) is 19.6. The van der Waals surface area contributed by atoms with Gasteiger partial charge in [-0.2, -0.15) is 0 Å². The number of unbranched alkanes of at least 4 members (excludes halogenated alkanes) is 31. The Morgan fingerprint density at radius 1 is 0.520 bits per heavy atom. The molecule has 1 aliphatic rings. The number of amides is 1. The Labute approximate surface area is 458 Å². The lowest BCUT2D eigenvalue weighted by Crippen LogP contribution is -2.61. The maximum absolute atomic E-state index is 13.3. The molecule has 0 spiro atoms. The molecule has 0 aromatic rings. The molecule has 0 saturated carbocycles. The van der Waals surface area contributed by atoms with Crippen LogP contribution in [0.5, 0.6) is 0 Å². The average Bonchev–Trinajstić information content (AvgIpc) is 3.41. The molecule has 8 unspecified atom stereocenters. The molecule has 436 valence electrons. The summed E-state index contributed by atoms with van der Waals surface area (Å²) in [6.45, 7) is 5.72. The fraction of sp³-hybridized carbons (Fsp3) is 0.812. The lowest BCUT2D eigenvalue weighted by Gasteiger charge is -2.41. The first-order chi connectivity index (χ1) is 36.7. The van der Waals surface area contributed by atoms with E-state index in [-0.39, 0.29) is 19.4 Å². The zero-order valence-corrected chi connectivity index (χ0v) is 48.2. The molecule has 8 atom stereocenters. The van der Waals surface area contributed by atoms with E-state index >= 15 is 0 Å². The van der Waals surface area contributed by atoms with Crippen molar-refractivity contribution in [3.05, 3.63) is 60.8 Å². The number of hydrogen-bond acceptors (Lipinski definition) is 10. The summed E-state index contributed by atoms with van der Waals surface area (Å²) in [5.74, 6) is -1.27. The van der Waals surface area contributed by atoms with E-state index in [1.807, 2.05) is 12.2 Å². The lowest BCUT2D eigenvalue weighted by molar-refractivity contribution is -0.305. The maximum Gasteiger partial charge on any atom is 0.306 e. The lowest BCUT2D eigenvalue weighted by atomic mass is 9.99. The van der Waals surface area contributed by atoms with Crippen molar-refractivity contribution in [3.8, 4) is 0 Å². The molecule has 1 fully saturated rings. The van der Waals surface area contributed by atoms with Gasteiger partial charge in [0.2, 0.25) is 5.91 Å². The summed E-state index contributed by atoms with van der Waals surface area (Å²) >= 11 is 0. The van der Waals surface area contributed by atoms with Crippen molar-refractivity contribution in [2.75, 3.05) is 13.2 Å². The second-order valence-electron chi connectivity index (χ2n) is 21.4. The number of ether oxygens (including phenoxy) is 3. The van der Waals surface area contributed by atoms with Crippen molar-refractivity contribution < 1.29 is 49.3 Å². The number of rotatable bonds is 52. The Hall–Kier alpha value is -2.64. The number of esters is 1. The zero-order chi connectivity index (χ0) is 54.7. The molecule has 0 aromatic carbocycles. The smallest absolute Gasteiger partial charge is 0.306 e. The fourth-order valence-corrected chi connectivity index (χ4v) is 9.43. The third kappa shape index (κ3) is 40.2. The minimum absolute atomic E-state index is 0.0816. The van der Waals surface area contributed by atoms with Crippen LogP contribution in [-0.4, -0.2) is 99.6 Å². The van der Waals surface area contributed by atoms with E-state index < -0.39 is 67.4 Å². The molecule has 6 N–H and O–H groups in total. The first-order valence-corrected chi connectivity index (χ1v) is 31.1. The van der Waals surface area contributed by atoms with E-state index in [1.165, 1.54) is 173 Å². The number of aliphatic hydroxyl groups excluding tert-OH is 5. The first kappa shape index (κ1) is 70.4. The van der Waals surface area contributed by atoms with Crippen LogP contribution < -0.4 is 5.32 Å². The molecule has 11 heteroatoms. The standard InChI is InChI=1S/C64H115NO10/c1-4-7-10-13-16-19-22-25-26-27-28-29-30-31-32-34-37-40-43-46-49-52-59(69)75-62-61(71)60(70)58(53-66)74-64(62)73-54-55(56(67)50-47-44-41-38-36-33-23-20-17-14-11-8-5-2)65-63(72)57(68)51-48-45-42-39-35-24-21-18-15-12-9-6-3/h16,19,25-26,35,39,45,47-48,50,55-58,60-62,64,66-68,70-71H,4-15,17-18,20-24,27-34,36-38,40-44,46,49,51-54H2,1-3H3,(H,65,72)/b19-16-,26-25-,39-35-,48-45+,50-47+. The molecule has 1 aliphatic heterocycles. The Bertz CT molecular complexity index is 1450.